The van der Waals surface area contributed by atoms with Gasteiger partial charge in [0.25, 0.3) is 0 Å². The van der Waals surface area contributed by atoms with Gasteiger partial charge >= 0.3 is 23.9 Å². The van der Waals surface area contributed by atoms with Crippen LogP contribution in [-0.4, -0.2) is 84.3 Å². The summed E-state index contributed by atoms with van der Waals surface area (Å²) in [5.41, 5.74) is -1.04. The first-order chi connectivity index (χ1) is 18.9. The third kappa shape index (κ3) is 17.6. The normalized spacial score (nSPS) is 25.2. The zero-order chi connectivity index (χ0) is 32.5. The molecule has 0 bridgehead atoms. The van der Waals surface area contributed by atoms with E-state index in [0.717, 1.165) is 0 Å². The van der Waals surface area contributed by atoms with Crippen LogP contribution in [0.25, 0.3) is 0 Å². The summed E-state index contributed by atoms with van der Waals surface area (Å²) < 4.78 is 43.4. The first-order valence-corrected chi connectivity index (χ1v) is 14.4. The first kappa shape index (κ1) is 37.7. The fourth-order valence-electron chi connectivity index (χ4n) is 4.45. The van der Waals surface area contributed by atoms with E-state index in [0.29, 0.717) is 12.8 Å². The van der Waals surface area contributed by atoms with Crippen LogP contribution < -0.4 is 0 Å². The predicted octanol–water partition coefficient (Wildman–Crippen LogP) is 4.38. The molecule has 4 atom stereocenters. The molecule has 244 valence electrons. The maximum Gasteiger partial charge on any atom is 0.308 e. The van der Waals surface area contributed by atoms with Crippen LogP contribution in [0.15, 0.2) is 0 Å². The van der Waals surface area contributed by atoms with Crippen molar-refractivity contribution in [1.29, 1.82) is 0 Å². The Morgan fingerprint density at radius 2 is 0.881 bits per heavy atom. The fourth-order valence-corrected chi connectivity index (χ4v) is 4.45. The zero-order valence-electron chi connectivity index (χ0n) is 27.5. The lowest BCUT2D eigenvalue weighted by atomic mass is 10.1. The second-order valence-corrected chi connectivity index (χ2v) is 13.4. The van der Waals surface area contributed by atoms with Gasteiger partial charge in [-0.25, -0.2) is 0 Å². The Bertz CT molecular complexity index is 838. The molecular weight excluding hydrogens is 552 g/mol. The van der Waals surface area contributed by atoms with E-state index in [1.807, 2.05) is 41.5 Å². The highest BCUT2D eigenvalue weighted by molar-refractivity contribution is 5.71. The molecule has 0 aromatic heterocycles. The van der Waals surface area contributed by atoms with Crippen LogP contribution in [0.3, 0.4) is 0 Å². The summed E-state index contributed by atoms with van der Waals surface area (Å²) in [5.74, 6) is -2.98. The van der Waals surface area contributed by atoms with Crippen molar-refractivity contribution in [1.82, 2.24) is 0 Å². The fraction of sp³-hybridized carbons (Fsp3) is 0.867. The van der Waals surface area contributed by atoms with Crippen molar-refractivity contribution in [2.24, 2.45) is 0 Å². The van der Waals surface area contributed by atoms with Crippen molar-refractivity contribution in [3.8, 4) is 0 Å². The highest BCUT2D eigenvalue weighted by atomic mass is 16.7. The van der Waals surface area contributed by atoms with Crippen molar-refractivity contribution in [3.63, 3.8) is 0 Å². The van der Waals surface area contributed by atoms with Gasteiger partial charge in [-0.15, -0.1) is 0 Å². The predicted molar refractivity (Wildman–Crippen MR) is 151 cm³/mol. The number of carbonyl (C=O) groups excluding carboxylic acids is 4. The molecule has 2 aliphatic rings. The summed E-state index contributed by atoms with van der Waals surface area (Å²) in [6.07, 6.45) is 0.0659. The van der Waals surface area contributed by atoms with Crippen LogP contribution in [-0.2, 0) is 57.1 Å². The molecule has 0 aromatic carbocycles. The van der Waals surface area contributed by atoms with Crippen LogP contribution in [0.2, 0.25) is 0 Å². The van der Waals surface area contributed by atoms with Gasteiger partial charge in [0.2, 0.25) is 0 Å². The van der Waals surface area contributed by atoms with Gasteiger partial charge in [-0.1, -0.05) is 0 Å². The minimum Gasteiger partial charge on any atom is -0.463 e. The molecule has 2 saturated heterocycles. The molecule has 2 heterocycles. The molecule has 0 aromatic rings. The minimum absolute atomic E-state index is 0.153. The SMILES string of the molecule is CC(=O)OC[C@@H]1C[C@@H](CC(=O)OC(C)(C)C)OC(C)(C)O1.CC(=O)OC[C@H]1C[C@H](CC(=O)OC(C)(C)C)OC(C)(C)O1. The number of rotatable bonds is 8. The van der Waals surface area contributed by atoms with E-state index in [2.05, 4.69) is 0 Å². The van der Waals surface area contributed by atoms with Gasteiger partial charge in [-0.3, -0.25) is 19.2 Å². The maximum atomic E-state index is 11.9. The van der Waals surface area contributed by atoms with Crippen molar-refractivity contribution in [3.05, 3.63) is 0 Å². The molecular formula is C30H52O12. The average Bonchev–Trinajstić information content (AvgIpc) is 2.71. The van der Waals surface area contributed by atoms with Crippen LogP contribution in [0.4, 0.5) is 0 Å². The minimum atomic E-state index is -0.824. The number of ether oxygens (including phenoxy) is 8. The molecule has 42 heavy (non-hydrogen) atoms. The molecule has 0 spiro atoms. The molecule has 2 rings (SSSR count). The molecule has 0 saturated carbocycles. The van der Waals surface area contributed by atoms with Gasteiger partial charge in [0, 0.05) is 26.7 Å². The monoisotopic (exact) mass is 604 g/mol. The van der Waals surface area contributed by atoms with Crippen molar-refractivity contribution in [2.75, 3.05) is 13.2 Å². The molecule has 2 fully saturated rings. The molecule has 0 radical (unpaired) electrons. The second-order valence-electron chi connectivity index (χ2n) is 13.4. The van der Waals surface area contributed by atoms with E-state index >= 15 is 0 Å². The van der Waals surface area contributed by atoms with Gasteiger partial charge in [0.05, 0.1) is 37.3 Å². The van der Waals surface area contributed by atoms with E-state index < -0.39 is 22.8 Å². The van der Waals surface area contributed by atoms with E-state index in [1.54, 1.807) is 27.7 Å². The van der Waals surface area contributed by atoms with Gasteiger partial charge in [0.15, 0.2) is 11.6 Å². The van der Waals surface area contributed by atoms with Gasteiger partial charge < -0.3 is 37.9 Å². The summed E-state index contributed by atoms with van der Waals surface area (Å²) in [6.45, 7) is 21.0. The van der Waals surface area contributed by atoms with E-state index in [1.165, 1.54) is 13.8 Å². The van der Waals surface area contributed by atoms with Crippen molar-refractivity contribution >= 4 is 23.9 Å². The summed E-state index contributed by atoms with van der Waals surface area (Å²) in [6, 6.07) is 0. The van der Waals surface area contributed by atoms with Gasteiger partial charge in [-0.2, -0.15) is 0 Å². The largest absolute Gasteiger partial charge is 0.463 e. The van der Waals surface area contributed by atoms with E-state index in [-0.39, 0.29) is 74.3 Å². The Morgan fingerprint density at radius 3 is 1.14 bits per heavy atom. The quantitative estimate of drug-likeness (QED) is 0.287. The average molecular weight is 605 g/mol. The number of hydrogen-bond acceptors (Lipinski definition) is 12. The Hall–Kier alpha value is -2.28. The van der Waals surface area contributed by atoms with Gasteiger partial charge in [0.1, 0.15) is 24.4 Å². The van der Waals surface area contributed by atoms with Crippen LogP contribution in [0.1, 0.15) is 109 Å². The lowest BCUT2D eigenvalue weighted by molar-refractivity contribution is -0.305. The number of esters is 4. The third-order valence-electron chi connectivity index (χ3n) is 5.43. The number of hydrogen-bond donors (Lipinski definition) is 0. The van der Waals surface area contributed by atoms with Crippen LogP contribution in [0, 0.1) is 0 Å². The second kappa shape index (κ2) is 15.4. The van der Waals surface area contributed by atoms with Crippen molar-refractivity contribution < 1.29 is 57.1 Å². The Balaban J connectivity index is 0.000000420. The standard InChI is InChI=1S/2C15H26O6/c2*1-10(16)18-9-12-7-11(19-15(5,6)20-12)8-13(17)21-14(2,3)4/h2*11-12H,7-9H2,1-6H3/t2*11-,12-/m10/s1. The third-order valence-corrected chi connectivity index (χ3v) is 5.43. The Labute approximate surface area is 250 Å². The molecule has 12 nitrogen and oxygen atoms in total. The van der Waals surface area contributed by atoms with Gasteiger partial charge in [-0.05, 0) is 69.2 Å². The zero-order valence-corrected chi connectivity index (χ0v) is 27.5. The van der Waals surface area contributed by atoms with E-state index in [9.17, 15) is 19.2 Å². The first-order valence-electron chi connectivity index (χ1n) is 14.4. The van der Waals surface area contributed by atoms with Crippen molar-refractivity contribution in [2.45, 2.75) is 156 Å². The summed E-state index contributed by atoms with van der Waals surface area (Å²) in [4.78, 5) is 45.5. The summed E-state index contributed by atoms with van der Waals surface area (Å²) >= 11 is 0. The Kier molecular flexibility index (Phi) is 13.9. The smallest absolute Gasteiger partial charge is 0.308 e. The van der Waals surface area contributed by atoms with Crippen LogP contribution in [0.5, 0.6) is 0 Å². The topological polar surface area (TPSA) is 142 Å². The lowest BCUT2D eigenvalue weighted by Gasteiger charge is -2.40. The molecule has 0 unspecified atom stereocenters. The molecule has 2 aliphatic heterocycles. The maximum absolute atomic E-state index is 11.9. The molecule has 0 aliphatic carbocycles. The molecule has 12 heteroatoms. The van der Waals surface area contributed by atoms with E-state index in [4.69, 9.17) is 37.9 Å². The highest BCUT2D eigenvalue weighted by Crippen LogP contribution is 2.30. The Morgan fingerprint density at radius 1 is 0.595 bits per heavy atom. The summed E-state index contributed by atoms with van der Waals surface area (Å²) in [7, 11) is 0. The lowest BCUT2D eigenvalue weighted by Crippen LogP contribution is -2.47. The molecule has 0 N–H and O–H groups in total. The number of carbonyl (C=O) groups is 4. The highest BCUT2D eigenvalue weighted by Gasteiger charge is 2.39. The summed E-state index contributed by atoms with van der Waals surface area (Å²) in [5, 5.41) is 0. The molecule has 0 amide bonds. The van der Waals surface area contributed by atoms with Crippen LogP contribution >= 0.6 is 0 Å².